The smallest absolute Gasteiger partial charge is 0.338 e. The summed E-state index contributed by atoms with van der Waals surface area (Å²) in [6.45, 7) is 1.74. The molecular weight excluding hydrogens is 294 g/mol. The van der Waals surface area contributed by atoms with Gasteiger partial charge in [0.05, 0.1) is 19.3 Å². The molecule has 0 bridgehead atoms. The molecule has 0 aliphatic heterocycles. The summed E-state index contributed by atoms with van der Waals surface area (Å²) in [5, 5.41) is 2.64. The van der Waals surface area contributed by atoms with E-state index >= 15 is 0 Å². The summed E-state index contributed by atoms with van der Waals surface area (Å²) in [6.07, 6.45) is 0.639. The number of rotatable bonds is 6. The quantitative estimate of drug-likeness (QED) is 0.833. The van der Waals surface area contributed by atoms with Crippen LogP contribution in [0.15, 0.2) is 48.5 Å². The van der Waals surface area contributed by atoms with Crippen molar-refractivity contribution in [1.29, 1.82) is 0 Å². The van der Waals surface area contributed by atoms with Crippen LogP contribution >= 0.6 is 0 Å². The molecule has 1 N–H and O–H groups in total. The van der Waals surface area contributed by atoms with Crippen molar-refractivity contribution in [2.24, 2.45) is 0 Å². The zero-order valence-electron chi connectivity index (χ0n) is 13.2. The van der Waals surface area contributed by atoms with Crippen LogP contribution in [0, 0.1) is 0 Å². The highest BCUT2D eigenvalue weighted by atomic mass is 16.5. The normalized spacial score (nSPS) is 10.0. The van der Waals surface area contributed by atoms with Crippen molar-refractivity contribution in [2.75, 3.05) is 19.0 Å². The Bertz CT molecular complexity index is 662. The molecule has 0 spiro atoms. The number of ether oxygens (including phenoxy) is 2. The van der Waals surface area contributed by atoms with Gasteiger partial charge in [-0.05, 0) is 42.0 Å². The molecule has 0 saturated heterocycles. The molecule has 0 aliphatic rings. The number of methoxy groups -OCH3 is 1. The monoisotopic (exact) mass is 313 g/mol. The molecule has 0 radical (unpaired) electrons. The Kier molecular flexibility index (Phi) is 5.74. The first-order valence-corrected chi connectivity index (χ1v) is 7.26. The number of carbonyl (C=O) groups excluding carboxylic acids is 2. The van der Waals surface area contributed by atoms with Crippen LogP contribution in [0.2, 0.25) is 0 Å². The first-order valence-electron chi connectivity index (χ1n) is 7.26. The van der Waals surface area contributed by atoms with E-state index in [-0.39, 0.29) is 11.9 Å². The third-order valence-corrected chi connectivity index (χ3v) is 3.22. The van der Waals surface area contributed by atoms with Gasteiger partial charge in [-0.3, -0.25) is 4.79 Å². The van der Waals surface area contributed by atoms with E-state index < -0.39 is 0 Å². The number of carbonyl (C=O) groups is 2. The Morgan fingerprint density at radius 1 is 1.00 bits per heavy atom. The molecule has 1 amide bonds. The number of anilines is 1. The molecule has 5 heteroatoms. The van der Waals surface area contributed by atoms with Gasteiger partial charge in [0.2, 0.25) is 5.91 Å². The predicted molar refractivity (Wildman–Crippen MR) is 87.7 cm³/mol. The standard InChI is InChI=1S/C18H19NO4/c1-13(20)19-16-7-5-15(6-8-16)18(21)23-12-11-14-3-9-17(22-2)10-4-14/h3-10H,11-12H2,1-2H3,(H,19,20). The maximum Gasteiger partial charge on any atom is 0.338 e. The summed E-state index contributed by atoms with van der Waals surface area (Å²) in [7, 11) is 1.62. The highest BCUT2D eigenvalue weighted by Crippen LogP contribution is 2.13. The Balaban J connectivity index is 1.83. The third kappa shape index (κ3) is 5.14. The van der Waals surface area contributed by atoms with Gasteiger partial charge in [-0.15, -0.1) is 0 Å². The van der Waals surface area contributed by atoms with Crippen molar-refractivity contribution >= 4 is 17.6 Å². The van der Waals surface area contributed by atoms with Crippen LogP contribution in [-0.4, -0.2) is 25.6 Å². The fourth-order valence-corrected chi connectivity index (χ4v) is 2.03. The van der Waals surface area contributed by atoms with E-state index in [1.54, 1.807) is 31.4 Å². The zero-order valence-corrected chi connectivity index (χ0v) is 13.2. The minimum atomic E-state index is -0.382. The van der Waals surface area contributed by atoms with Crippen molar-refractivity contribution in [3.05, 3.63) is 59.7 Å². The lowest BCUT2D eigenvalue weighted by Gasteiger charge is -2.07. The van der Waals surface area contributed by atoms with Crippen LogP contribution in [0.25, 0.3) is 0 Å². The van der Waals surface area contributed by atoms with E-state index in [0.717, 1.165) is 11.3 Å². The first kappa shape index (κ1) is 16.5. The Morgan fingerprint density at radius 2 is 1.65 bits per heavy atom. The molecular formula is C18H19NO4. The van der Waals surface area contributed by atoms with E-state index in [2.05, 4.69) is 5.32 Å². The first-order chi connectivity index (χ1) is 11.1. The van der Waals surface area contributed by atoms with E-state index in [0.29, 0.717) is 24.3 Å². The maximum atomic E-state index is 11.9. The SMILES string of the molecule is COc1ccc(CCOC(=O)c2ccc(NC(C)=O)cc2)cc1. The number of amides is 1. The highest BCUT2D eigenvalue weighted by molar-refractivity contribution is 5.92. The molecule has 0 unspecified atom stereocenters. The van der Waals surface area contributed by atoms with Gasteiger partial charge < -0.3 is 14.8 Å². The van der Waals surface area contributed by atoms with Gasteiger partial charge in [0, 0.05) is 19.0 Å². The van der Waals surface area contributed by atoms with Gasteiger partial charge in [-0.1, -0.05) is 12.1 Å². The van der Waals surface area contributed by atoms with E-state index in [9.17, 15) is 9.59 Å². The van der Waals surface area contributed by atoms with Gasteiger partial charge in [-0.25, -0.2) is 4.79 Å². The molecule has 0 heterocycles. The van der Waals surface area contributed by atoms with Crippen LogP contribution in [-0.2, 0) is 16.0 Å². The summed E-state index contributed by atoms with van der Waals surface area (Å²) in [4.78, 5) is 22.9. The lowest BCUT2D eigenvalue weighted by atomic mass is 10.1. The lowest BCUT2D eigenvalue weighted by molar-refractivity contribution is -0.114. The van der Waals surface area contributed by atoms with E-state index in [1.807, 2.05) is 24.3 Å². The molecule has 0 atom stereocenters. The summed E-state index contributed by atoms with van der Waals surface area (Å²) >= 11 is 0. The molecule has 2 aromatic carbocycles. The molecule has 120 valence electrons. The summed E-state index contributed by atoms with van der Waals surface area (Å²) < 4.78 is 10.3. The van der Waals surface area contributed by atoms with E-state index in [1.165, 1.54) is 6.92 Å². The van der Waals surface area contributed by atoms with Crippen molar-refractivity contribution in [1.82, 2.24) is 0 Å². The highest BCUT2D eigenvalue weighted by Gasteiger charge is 2.07. The Labute approximate surface area is 135 Å². The molecule has 0 aliphatic carbocycles. The van der Waals surface area contributed by atoms with Crippen molar-refractivity contribution in [3.8, 4) is 5.75 Å². The van der Waals surface area contributed by atoms with Crippen molar-refractivity contribution in [3.63, 3.8) is 0 Å². The number of benzene rings is 2. The Morgan fingerprint density at radius 3 is 2.22 bits per heavy atom. The molecule has 0 fully saturated rings. The van der Waals surface area contributed by atoms with Gasteiger partial charge >= 0.3 is 5.97 Å². The largest absolute Gasteiger partial charge is 0.497 e. The molecule has 23 heavy (non-hydrogen) atoms. The van der Waals surface area contributed by atoms with Crippen LogP contribution in [0.4, 0.5) is 5.69 Å². The average molecular weight is 313 g/mol. The second-order valence-electron chi connectivity index (χ2n) is 4.99. The number of esters is 1. The zero-order chi connectivity index (χ0) is 16.7. The van der Waals surface area contributed by atoms with Crippen molar-refractivity contribution in [2.45, 2.75) is 13.3 Å². The third-order valence-electron chi connectivity index (χ3n) is 3.22. The van der Waals surface area contributed by atoms with Crippen LogP contribution in [0.1, 0.15) is 22.8 Å². The van der Waals surface area contributed by atoms with Crippen LogP contribution in [0.5, 0.6) is 5.75 Å². The van der Waals surface area contributed by atoms with Gasteiger partial charge in [-0.2, -0.15) is 0 Å². The second kappa shape index (κ2) is 7.98. The van der Waals surface area contributed by atoms with Gasteiger partial charge in [0.25, 0.3) is 0 Å². The lowest BCUT2D eigenvalue weighted by Crippen LogP contribution is -2.09. The van der Waals surface area contributed by atoms with Gasteiger partial charge in [0.15, 0.2) is 0 Å². The number of hydrogen-bond acceptors (Lipinski definition) is 4. The minimum Gasteiger partial charge on any atom is -0.497 e. The molecule has 0 aromatic heterocycles. The summed E-state index contributed by atoms with van der Waals surface area (Å²) in [6, 6.07) is 14.2. The van der Waals surface area contributed by atoms with Gasteiger partial charge in [0.1, 0.15) is 5.75 Å². The fraction of sp³-hybridized carbons (Fsp3) is 0.222. The predicted octanol–water partition coefficient (Wildman–Crippen LogP) is 3.05. The summed E-state index contributed by atoms with van der Waals surface area (Å²) in [5.41, 5.74) is 2.17. The Hall–Kier alpha value is -2.82. The van der Waals surface area contributed by atoms with Crippen molar-refractivity contribution < 1.29 is 19.1 Å². The number of hydrogen-bond donors (Lipinski definition) is 1. The van der Waals surface area contributed by atoms with E-state index in [4.69, 9.17) is 9.47 Å². The average Bonchev–Trinajstić information content (AvgIpc) is 2.55. The second-order valence-corrected chi connectivity index (χ2v) is 4.99. The topological polar surface area (TPSA) is 64.6 Å². The summed E-state index contributed by atoms with van der Waals surface area (Å²) in [5.74, 6) is 0.262. The number of nitrogens with one attached hydrogen (secondary N) is 1. The molecule has 2 rings (SSSR count). The molecule has 5 nitrogen and oxygen atoms in total. The maximum absolute atomic E-state index is 11.9. The van der Waals surface area contributed by atoms with Crippen LogP contribution in [0.3, 0.4) is 0 Å². The fourth-order valence-electron chi connectivity index (χ4n) is 2.03. The minimum absolute atomic E-state index is 0.153. The molecule has 0 saturated carbocycles. The molecule has 2 aromatic rings. The van der Waals surface area contributed by atoms with Crippen LogP contribution < -0.4 is 10.1 Å².